The molecule has 2 aromatic carbocycles. The van der Waals surface area contributed by atoms with E-state index in [4.69, 9.17) is 4.55 Å². The standard InChI is InChI=1S/C21H25N3O5S2/c25-19-21(17-9-3-1-4-10-17,18-11-5-2-6-12-18)23-20(26)24(19)15-8-7-13-22-14-16-30-31(27,28)29/h1-6,9-12,22H,7-8,13-16H2,(H,23,26)(H,27,28,29). The lowest BCUT2D eigenvalue weighted by molar-refractivity contribution is -0.130. The largest absolute Gasteiger partial charge is 0.325 e. The maximum atomic E-state index is 13.5. The number of nitrogens with one attached hydrogen (secondary N) is 2. The van der Waals surface area contributed by atoms with Crippen molar-refractivity contribution in [2.75, 3.05) is 25.4 Å². The van der Waals surface area contributed by atoms with Crippen molar-refractivity contribution < 1.29 is 22.6 Å². The van der Waals surface area contributed by atoms with Crippen molar-refractivity contribution in [3.8, 4) is 0 Å². The molecule has 1 heterocycles. The van der Waals surface area contributed by atoms with E-state index in [0.717, 1.165) is 0 Å². The summed E-state index contributed by atoms with van der Waals surface area (Å²) < 4.78 is 30.0. The van der Waals surface area contributed by atoms with E-state index in [-0.39, 0.29) is 18.2 Å². The third-order valence-electron chi connectivity index (χ3n) is 5.02. The normalized spacial score (nSPS) is 15.8. The number of rotatable bonds is 11. The molecular formula is C21H25N3O5S2. The molecule has 10 heteroatoms. The van der Waals surface area contributed by atoms with Gasteiger partial charge in [-0.25, -0.2) is 4.79 Å². The molecule has 1 aliphatic heterocycles. The van der Waals surface area contributed by atoms with Crippen LogP contribution in [0.2, 0.25) is 0 Å². The molecule has 0 aromatic heterocycles. The van der Waals surface area contributed by atoms with Gasteiger partial charge in [0, 0.05) is 18.8 Å². The second kappa shape index (κ2) is 10.3. The van der Waals surface area contributed by atoms with Gasteiger partial charge in [0.2, 0.25) is 0 Å². The highest BCUT2D eigenvalue weighted by molar-refractivity contribution is 8.69. The lowest BCUT2D eigenvalue weighted by atomic mass is 9.82. The number of imide groups is 1. The van der Waals surface area contributed by atoms with Gasteiger partial charge in [-0.3, -0.25) is 14.2 Å². The van der Waals surface area contributed by atoms with E-state index >= 15 is 0 Å². The average molecular weight is 464 g/mol. The number of carbonyl (C=O) groups excluding carboxylic acids is 2. The molecule has 0 saturated carbocycles. The van der Waals surface area contributed by atoms with Crippen LogP contribution in [0.4, 0.5) is 4.79 Å². The lowest BCUT2D eigenvalue weighted by Crippen LogP contribution is -2.45. The molecular weight excluding hydrogens is 438 g/mol. The first-order valence-corrected chi connectivity index (χ1v) is 12.9. The van der Waals surface area contributed by atoms with Crippen molar-refractivity contribution in [2.45, 2.75) is 18.4 Å². The third-order valence-corrected chi connectivity index (χ3v) is 7.08. The Morgan fingerprint density at radius 1 is 0.935 bits per heavy atom. The van der Waals surface area contributed by atoms with Crippen LogP contribution in [-0.4, -0.2) is 55.2 Å². The van der Waals surface area contributed by atoms with Crippen LogP contribution < -0.4 is 10.6 Å². The highest BCUT2D eigenvalue weighted by Crippen LogP contribution is 2.36. The number of hydrogen-bond donors (Lipinski definition) is 3. The van der Waals surface area contributed by atoms with Crippen LogP contribution in [-0.2, 0) is 19.5 Å². The Bertz CT molecular complexity index is 961. The van der Waals surface area contributed by atoms with E-state index in [9.17, 15) is 18.0 Å². The predicted octanol–water partition coefficient (Wildman–Crippen LogP) is 2.39. The van der Waals surface area contributed by atoms with Gasteiger partial charge in [0.25, 0.3) is 5.91 Å². The highest BCUT2D eigenvalue weighted by Gasteiger charge is 2.53. The highest BCUT2D eigenvalue weighted by atomic mass is 33.1. The second-order valence-electron chi connectivity index (χ2n) is 7.08. The fourth-order valence-corrected chi connectivity index (χ4v) is 4.90. The van der Waals surface area contributed by atoms with Crippen LogP contribution in [0, 0.1) is 0 Å². The van der Waals surface area contributed by atoms with Gasteiger partial charge in [-0.2, -0.15) is 8.42 Å². The molecule has 2 aromatic rings. The summed E-state index contributed by atoms with van der Waals surface area (Å²) >= 11 is 0. The first kappa shape index (κ1) is 23.3. The summed E-state index contributed by atoms with van der Waals surface area (Å²) in [7, 11) is -3.54. The zero-order chi connectivity index (χ0) is 22.3. The second-order valence-corrected chi connectivity index (χ2v) is 10.5. The van der Waals surface area contributed by atoms with Crippen molar-refractivity contribution in [3.63, 3.8) is 0 Å². The molecule has 1 aliphatic rings. The summed E-state index contributed by atoms with van der Waals surface area (Å²) in [5.41, 5.74) is 0.172. The molecule has 3 N–H and O–H groups in total. The number of hydrogen-bond acceptors (Lipinski definition) is 6. The van der Waals surface area contributed by atoms with E-state index in [1.54, 1.807) is 0 Å². The monoisotopic (exact) mass is 463 g/mol. The van der Waals surface area contributed by atoms with E-state index in [1.807, 2.05) is 60.7 Å². The first-order chi connectivity index (χ1) is 14.8. The van der Waals surface area contributed by atoms with Crippen LogP contribution in [0.1, 0.15) is 24.0 Å². The molecule has 0 unspecified atom stereocenters. The van der Waals surface area contributed by atoms with Gasteiger partial charge in [0.05, 0.1) is 0 Å². The summed E-state index contributed by atoms with van der Waals surface area (Å²) in [5, 5.41) is 5.99. The van der Waals surface area contributed by atoms with Crippen LogP contribution in [0.3, 0.4) is 0 Å². The van der Waals surface area contributed by atoms with Crippen molar-refractivity contribution in [1.29, 1.82) is 0 Å². The molecule has 8 nitrogen and oxygen atoms in total. The zero-order valence-electron chi connectivity index (χ0n) is 16.9. The van der Waals surface area contributed by atoms with E-state index in [2.05, 4.69) is 10.6 Å². The van der Waals surface area contributed by atoms with Crippen LogP contribution in [0.15, 0.2) is 60.7 Å². The summed E-state index contributed by atoms with van der Waals surface area (Å²) in [5.74, 6) is -0.0601. The average Bonchev–Trinajstić information content (AvgIpc) is 3.01. The maximum Gasteiger partial charge on any atom is 0.325 e. The smallest absolute Gasteiger partial charge is 0.316 e. The molecule has 0 bridgehead atoms. The zero-order valence-corrected chi connectivity index (χ0v) is 18.5. The summed E-state index contributed by atoms with van der Waals surface area (Å²) in [4.78, 5) is 27.5. The molecule has 1 saturated heterocycles. The van der Waals surface area contributed by atoms with Gasteiger partial charge in [0.15, 0.2) is 5.54 Å². The van der Waals surface area contributed by atoms with Gasteiger partial charge in [-0.1, -0.05) is 60.7 Å². The number of amides is 3. The molecule has 1 fully saturated rings. The topological polar surface area (TPSA) is 116 Å². The van der Waals surface area contributed by atoms with Gasteiger partial charge in [0.1, 0.15) is 0 Å². The summed E-state index contributed by atoms with van der Waals surface area (Å²) in [6.45, 7) is 1.32. The van der Waals surface area contributed by atoms with Gasteiger partial charge in [-0.05, 0) is 41.3 Å². The summed E-state index contributed by atoms with van der Waals surface area (Å²) in [6, 6.07) is 18.0. The molecule has 0 radical (unpaired) electrons. The van der Waals surface area contributed by atoms with Gasteiger partial charge < -0.3 is 10.6 Å². The van der Waals surface area contributed by atoms with Crippen LogP contribution in [0.5, 0.6) is 0 Å². The van der Waals surface area contributed by atoms with Gasteiger partial charge in [-0.15, -0.1) is 0 Å². The van der Waals surface area contributed by atoms with Crippen molar-refractivity contribution >= 4 is 31.9 Å². The molecule has 166 valence electrons. The fraction of sp³-hybridized carbons (Fsp3) is 0.333. The number of benzene rings is 2. The number of carbonyl (C=O) groups is 2. The van der Waals surface area contributed by atoms with Crippen LogP contribution >= 0.6 is 10.8 Å². The minimum atomic E-state index is -4.01. The SMILES string of the molecule is O=C1NC(c2ccccc2)(c2ccccc2)C(=O)N1CCCCNCCSS(=O)(=O)O. The van der Waals surface area contributed by atoms with Crippen molar-refractivity contribution in [2.24, 2.45) is 0 Å². The molecule has 3 amide bonds. The Morgan fingerprint density at radius 3 is 2.06 bits per heavy atom. The Labute approximate surface area is 185 Å². The van der Waals surface area contributed by atoms with Crippen LogP contribution in [0.25, 0.3) is 0 Å². The van der Waals surface area contributed by atoms with E-state index < -0.39 is 20.7 Å². The van der Waals surface area contributed by atoms with Gasteiger partial charge >= 0.3 is 15.2 Å². The quantitative estimate of drug-likeness (QED) is 0.203. The predicted molar refractivity (Wildman–Crippen MR) is 120 cm³/mol. The van der Waals surface area contributed by atoms with Crippen molar-refractivity contribution in [1.82, 2.24) is 15.5 Å². The first-order valence-electron chi connectivity index (χ1n) is 9.92. The van der Waals surface area contributed by atoms with E-state index in [1.165, 1.54) is 4.90 Å². The fourth-order valence-electron chi connectivity index (χ4n) is 3.58. The van der Waals surface area contributed by atoms with Crippen molar-refractivity contribution in [3.05, 3.63) is 71.8 Å². The Morgan fingerprint density at radius 2 is 1.52 bits per heavy atom. The molecule has 0 spiro atoms. The minimum absolute atomic E-state index is 0.239. The molecule has 31 heavy (non-hydrogen) atoms. The van der Waals surface area contributed by atoms with E-state index in [0.29, 0.717) is 47.9 Å². The summed E-state index contributed by atoms with van der Waals surface area (Å²) in [6.07, 6.45) is 1.31. The molecule has 0 aliphatic carbocycles. The number of nitrogens with zero attached hydrogens (tertiary/aromatic N) is 1. The number of urea groups is 1. The Balaban J connectivity index is 1.61. The molecule has 0 atom stereocenters. The Hall–Kier alpha value is -2.40. The number of unbranched alkanes of at least 4 members (excludes halogenated alkanes) is 1. The molecule has 3 rings (SSSR count). The lowest BCUT2D eigenvalue weighted by Gasteiger charge is -2.28. The third kappa shape index (κ3) is 5.65. The maximum absolute atomic E-state index is 13.5. The minimum Gasteiger partial charge on any atom is -0.316 e. The Kier molecular flexibility index (Phi) is 7.71.